The van der Waals surface area contributed by atoms with Crippen molar-refractivity contribution in [3.8, 4) is 11.5 Å². The van der Waals surface area contributed by atoms with Crippen molar-refractivity contribution in [3.05, 3.63) is 124 Å². The number of para-hydroxylation sites is 2. The highest BCUT2D eigenvalue weighted by atomic mass is 19.1. The molecule has 1 aliphatic heterocycles. The molecule has 0 aliphatic carbocycles. The number of hydrogen-bond acceptors (Lipinski definition) is 6. The first-order valence-electron chi connectivity index (χ1n) is 11.4. The molecule has 5 rings (SSSR count). The lowest BCUT2D eigenvalue weighted by Gasteiger charge is -2.38. The summed E-state index contributed by atoms with van der Waals surface area (Å²) < 4.78 is 26.3. The minimum Gasteiger partial charge on any atom is -0.496 e. The molecule has 186 valence electrons. The predicted octanol–water partition coefficient (Wildman–Crippen LogP) is 6.09. The lowest BCUT2D eigenvalue weighted by atomic mass is 10.0. The molecular formula is C28H22FN3O5. The summed E-state index contributed by atoms with van der Waals surface area (Å²) in [6.07, 6.45) is -0.705. The molecule has 0 bridgehead atoms. The van der Waals surface area contributed by atoms with Crippen LogP contribution in [0, 0.1) is 15.9 Å². The van der Waals surface area contributed by atoms with Crippen molar-refractivity contribution in [2.24, 2.45) is 0 Å². The molecule has 1 atom stereocenters. The molecule has 0 fully saturated rings. The van der Waals surface area contributed by atoms with Crippen molar-refractivity contribution in [2.45, 2.75) is 12.8 Å². The first-order chi connectivity index (χ1) is 18.0. The van der Waals surface area contributed by atoms with E-state index in [0.717, 1.165) is 0 Å². The first kappa shape index (κ1) is 23.8. The molecule has 8 nitrogen and oxygen atoms in total. The number of benzene rings is 4. The van der Waals surface area contributed by atoms with Gasteiger partial charge in [-0.15, -0.1) is 0 Å². The number of halogens is 1. The van der Waals surface area contributed by atoms with Crippen LogP contribution in [0.1, 0.15) is 27.7 Å². The van der Waals surface area contributed by atoms with Crippen LogP contribution < -0.4 is 19.7 Å². The number of rotatable bonds is 7. The number of nitrogens with one attached hydrogen (secondary N) is 1. The van der Waals surface area contributed by atoms with Crippen molar-refractivity contribution < 1.29 is 23.6 Å². The van der Waals surface area contributed by atoms with Gasteiger partial charge in [0.2, 0.25) is 0 Å². The zero-order valence-corrected chi connectivity index (χ0v) is 19.8. The zero-order valence-electron chi connectivity index (χ0n) is 19.8. The van der Waals surface area contributed by atoms with E-state index in [4.69, 9.17) is 9.47 Å². The molecule has 1 aliphatic rings. The fraction of sp³-hybridized carbons (Fsp3) is 0.107. The molecule has 1 heterocycles. The number of hydrogen-bond donors (Lipinski definition) is 1. The van der Waals surface area contributed by atoms with Gasteiger partial charge in [-0.25, -0.2) is 4.39 Å². The van der Waals surface area contributed by atoms with Crippen LogP contribution in [-0.4, -0.2) is 17.9 Å². The number of methoxy groups -OCH3 is 1. The molecular weight excluding hydrogens is 477 g/mol. The van der Waals surface area contributed by atoms with Gasteiger partial charge in [0.1, 0.15) is 30.1 Å². The number of carbonyl (C=O) groups excluding carboxylic acids is 1. The van der Waals surface area contributed by atoms with Gasteiger partial charge < -0.3 is 14.8 Å². The summed E-state index contributed by atoms with van der Waals surface area (Å²) in [6.45, 7) is 0.103. The molecule has 37 heavy (non-hydrogen) atoms. The van der Waals surface area contributed by atoms with Gasteiger partial charge in [-0.3, -0.25) is 19.8 Å². The van der Waals surface area contributed by atoms with E-state index < -0.39 is 16.9 Å². The quantitative estimate of drug-likeness (QED) is 0.244. The Morgan fingerprint density at radius 2 is 1.73 bits per heavy atom. The number of nitrogens with zero attached hydrogens (tertiary/aromatic N) is 2. The lowest BCUT2D eigenvalue weighted by molar-refractivity contribution is -0.384. The number of fused-ring (bicyclic) bond motifs is 1. The fourth-order valence-electron chi connectivity index (χ4n) is 4.29. The molecule has 4 aromatic carbocycles. The van der Waals surface area contributed by atoms with Gasteiger partial charge in [-0.2, -0.15) is 0 Å². The normalized spacial score (nSPS) is 14.5. The zero-order chi connectivity index (χ0) is 25.9. The van der Waals surface area contributed by atoms with Gasteiger partial charge in [-0.1, -0.05) is 30.3 Å². The molecule has 0 unspecified atom stereocenters. The standard InChI is InChI=1S/C28H22FN3O5/c1-36-26-15-10-18(16-19(26)17-37-21-13-11-20(12-14-21)32(34)35)27-30-24-8-4-2-6-22(24)28(33)31(27)25-9-5-3-7-23(25)29/h2-16,27,30H,17H2,1H3/t27-/m1/s1. The minimum absolute atomic E-state index is 0.0338. The smallest absolute Gasteiger partial charge is 0.269 e. The Morgan fingerprint density at radius 1 is 1.00 bits per heavy atom. The fourth-order valence-corrected chi connectivity index (χ4v) is 4.29. The molecule has 1 N–H and O–H groups in total. The average Bonchev–Trinajstić information content (AvgIpc) is 2.92. The maximum absolute atomic E-state index is 14.9. The summed E-state index contributed by atoms with van der Waals surface area (Å²) in [5, 5.41) is 14.3. The number of ether oxygens (including phenoxy) is 2. The molecule has 0 spiro atoms. The van der Waals surface area contributed by atoms with E-state index in [1.807, 2.05) is 12.1 Å². The van der Waals surface area contributed by atoms with Crippen molar-refractivity contribution in [3.63, 3.8) is 0 Å². The number of amides is 1. The van der Waals surface area contributed by atoms with Crippen molar-refractivity contribution in [1.29, 1.82) is 0 Å². The van der Waals surface area contributed by atoms with Crippen LogP contribution in [0.4, 0.5) is 21.5 Å². The topological polar surface area (TPSA) is 93.9 Å². The predicted molar refractivity (Wildman–Crippen MR) is 136 cm³/mol. The Labute approximate surface area is 212 Å². The van der Waals surface area contributed by atoms with Crippen molar-refractivity contribution in [1.82, 2.24) is 0 Å². The summed E-state index contributed by atoms with van der Waals surface area (Å²) in [5.41, 5.74) is 2.57. The molecule has 4 aromatic rings. The number of nitro benzene ring substituents is 1. The molecule has 0 saturated carbocycles. The Morgan fingerprint density at radius 3 is 2.46 bits per heavy atom. The molecule has 0 saturated heterocycles. The second kappa shape index (κ2) is 9.98. The van der Waals surface area contributed by atoms with E-state index in [0.29, 0.717) is 33.9 Å². The third-order valence-electron chi connectivity index (χ3n) is 6.10. The molecule has 1 amide bonds. The summed E-state index contributed by atoms with van der Waals surface area (Å²) in [5.74, 6) is 0.165. The highest BCUT2D eigenvalue weighted by molar-refractivity contribution is 6.12. The van der Waals surface area contributed by atoms with Crippen LogP contribution in [0.25, 0.3) is 0 Å². The Kier molecular flexibility index (Phi) is 6.42. The second-order valence-corrected chi connectivity index (χ2v) is 8.33. The maximum atomic E-state index is 14.9. The first-order valence-corrected chi connectivity index (χ1v) is 11.4. The number of nitro groups is 1. The van der Waals surface area contributed by atoms with Crippen LogP contribution in [0.15, 0.2) is 91.0 Å². The Hall–Kier alpha value is -4.92. The SMILES string of the molecule is COc1ccc([C@@H]2Nc3ccccc3C(=O)N2c2ccccc2F)cc1COc1ccc([N+](=O)[O-])cc1. The Balaban J connectivity index is 1.51. The highest BCUT2D eigenvalue weighted by Gasteiger charge is 2.35. The Bertz CT molecular complexity index is 1480. The van der Waals surface area contributed by atoms with E-state index in [1.165, 1.54) is 42.3 Å². The summed E-state index contributed by atoms with van der Waals surface area (Å²) in [7, 11) is 1.54. The number of anilines is 2. The van der Waals surface area contributed by atoms with Gasteiger partial charge in [-0.05, 0) is 54.1 Å². The van der Waals surface area contributed by atoms with Crippen LogP contribution >= 0.6 is 0 Å². The van der Waals surface area contributed by atoms with Crippen LogP contribution in [-0.2, 0) is 6.61 Å². The third-order valence-corrected chi connectivity index (χ3v) is 6.10. The summed E-state index contributed by atoms with van der Waals surface area (Å²) in [4.78, 5) is 25.4. The van der Waals surface area contributed by atoms with Gasteiger partial charge in [0.25, 0.3) is 11.6 Å². The van der Waals surface area contributed by atoms with E-state index in [9.17, 15) is 19.3 Å². The van der Waals surface area contributed by atoms with Crippen molar-refractivity contribution >= 4 is 23.0 Å². The van der Waals surface area contributed by atoms with Gasteiger partial charge in [0.15, 0.2) is 0 Å². The van der Waals surface area contributed by atoms with Crippen LogP contribution in [0.3, 0.4) is 0 Å². The van der Waals surface area contributed by atoms with Gasteiger partial charge >= 0.3 is 0 Å². The van der Waals surface area contributed by atoms with E-state index >= 15 is 0 Å². The van der Waals surface area contributed by atoms with E-state index in [-0.39, 0.29) is 23.9 Å². The monoisotopic (exact) mass is 499 g/mol. The van der Waals surface area contributed by atoms with Crippen LogP contribution in [0.2, 0.25) is 0 Å². The van der Waals surface area contributed by atoms with E-state index in [2.05, 4.69) is 5.32 Å². The number of non-ortho nitro benzene ring substituents is 1. The average molecular weight is 499 g/mol. The molecule has 0 radical (unpaired) electrons. The summed E-state index contributed by atoms with van der Waals surface area (Å²) in [6, 6.07) is 24.4. The van der Waals surface area contributed by atoms with Gasteiger partial charge in [0, 0.05) is 23.4 Å². The molecule has 0 aromatic heterocycles. The maximum Gasteiger partial charge on any atom is 0.269 e. The van der Waals surface area contributed by atoms with Crippen molar-refractivity contribution in [2.75, 3.05) is 17.3 Å². The number of carbonyl (C=O) groups is 1. The lowest BCUT2D eigenvalue weighted by Crippen LogP contribution is -2.43. The highest BCUT2D eigenvalue weighted by Crippen LogP contribution is 2.38. The van der Waals surface area contributed by atoms with E-state index in [1.54, 1.807) is 48.5 Å². The second-order valence-electron chi connectivity index (χ2n) is 8.33. The third kappa shape index (κ3) is 4.66. The molecule has 9 heteroatoms. The van der Waals surface area contributed by atoms with Crippen LogP contribution in [0.5, 0.6) is 11.5 Å². The summed E-state index contributed by atoms with van der Waals surface area (Å²) >= 11 is 0. The van der Waals surface area contributed by atoms with Gasteiger partial charge in [0.05, 0.1) is 23.3 Å². The minimum atomic E-state index is -0.705. The largest absolute Gasteiger partial charge is 0.496 e.